The Bertz CT molecular complexity index is 1610. The maximum absolute atomic E-state index is 13.5. The van der Waals surface area contributed by atoms with Crippen molar-refractivity contribution < 1.29 is 23.6 Å². The molecule has 5 heterocycles. The third-order valence-electron chi connectivity index (χ3n) is 10.8. The Morgan fingerprint density at radius 1 is 1.22 bits per heavy atom. The second-order valence-corrected chi connectivity index (χ2v) is 13.5. The summed E-state index contributed by atoms with van der Waals surface area (Å²) in [7, 11) is 2.12. The number of amides is 2. The SMILES string of the molecule is C[C@H](Oc1cc(-n2ccc(NC(=O)N[C@H]3CCOC3)n2)nc(-c2noc3c2CCCC32C(=O)CC3CC2C3)n1)[C@@H]1CCCN1C. The van der Waals surface area contributed by atoms with Gasteiger partial charge in [0.05, 0.1) is 18.1 Å². The number of carbonyl (C=O) groups is 2. The molecule has 4 atom stereocenters. The summed E-state index contributed by atoms with van der Waals surface area (Å²) in [4.78, 5) is 38.1. The van der Waals surface area contributed by atoms with Gasteiger partial charge in [-0.05, 0) is 83.7 Å². The third kappa shape index (κ3) is 5.00. The molecule has 3 aromatic rings. The molecule has 0 aromatic carbocycles. The fourth-order valence-corrected chi connectivity index (χ4v) is 8.36. The highest BCUT2D eigenvalue weighted by Gasteiger charge is 2.60. The summed E-state index contributed by atoms with van der Waals surface area (Å²) in [6.45, 7) is 4.25. The normalized spacial score (nSPS) is 29.8. The minimum Gasteiger partial charge on any atom is -0.473 e. The van der Waals surface area contributed by atoms with E-state index in [0.29, 0.717) is 66.3 Å². The van der Waals surface area contributed by atoms with Crippen LogP contribution in [0.3, 0.4) is 0 Å². The molecular formula is C32H40N8O5. The number of Topliss-reactive ketones (excluding diaryl/α,β-unsaturated/α-hetero) is 1. The summed E-state index contributed by atoms with van der Waals surface area (Å²) in [5.41, 5.74) is 0.918. The number of fused-ring (bicyclic) bond motifs is 2. The van der Waals surface area contributed by atoms with Gasteiger partial charge in [0.2, 0.25) is 5.88 Å². The Labute approximate surface area is 261 Å². The van der Waals surface area contributed by atoms with Crippen LogP contribution >= 0.6 is 0 Å². The fourth-order valence-electron chi connectivity index (χ4n) is 8.36. The molecule has 3 saturated carbocycles. The van der Waals surface area contributed by atoms with Crippen molar-refractivity contribution in [2.75, 3.05) is 32.1 Å². The summed E-state index contributed by atoms with van der Waals surface area (Å²) < 4.78 is 19.5. The van der Waals surface area contributed by atoms with E-state index >= 15 is 0 Å². The number of rotatable bonds is 7. The van der Waals surface area contributed by atoms with Gasteiger partial charge in [-0.1, -0.05) is 5.16 Å². The van der Waals surface area contributed by atoms with Crippen molar-refractivity contribution in [2.45, 2.75) is 88.3 Å². The van der Waals surface area contributed by atoms with Crippen LogP contribution in [-0.2, 0) is 21.4 Å². The number of anilines is 1. The zero-order chi connectivity index (χ0) is 30.7. The summed E-state index contributed by atoms with van der Waals surface area (Å²) in [6, 6.07) is 3.40. The molecule has 13 heteroatoms. The smallest absolute Gasteiger partial charge is 0.320 e. The number of hydrogen-bond donors (Lipinski definition) is 2. The van der Waals surface area contributed by atoms with Crippen LogP contribution in [0.4, 0.5) is 10.6 Å². The van der Waals surface area contributed by atoms with Gasteiger partial charge in [0.1, 0.15) is 11.9 Å². The first-order chi connectivity index (χ1) is 21.9. The van der Waals surface area contributed by atoms with Crippen LogP contribution in [0, 0.1) is 11.8 Å². The molecular weight excluding hydrogens is 576 g/mol. The molecule has 45 heavy (non-hydrogen) atoms. The van der Waals surface area contributed by atoms with Crippen molar-refractivity contribution in [3.8, 4) is 23.2 Å². The second kappa shape index (κ2) is 11.2. The van der Waals surface area contributed by atoms with Crippen LogP contribution in [0.25, 0.3) is 17.3 Å². The largest absolute Gasteiger partial charge is 0.473 e. The highest BCUT2D eigenvalue weighted by Crippen LogP contribution is 2.59. The molecule has 1 spiro atoms. The zero-order valence-corrected chi connectivity index (χ0v) is 25.8. The monoisotopic (exact) mass is 616 g/mol. The van der Waals surface area contributed by atoms with Crippen molar-refractivity contribution >= 4 is 17.6 Å². The summed E-state index contributed by atoms with van der Waals surface area (Å²) in [6.07, 6.45) is 9.87. The summed E-state index contributed by atoms with van der Waals surface area (Å²) in [5, 5.41) is 14.8. The molecule has 2 saturated heterocycles. The van der Waals surface area contributed by atoms with E-state index in [1.54, 1.807) is 23.0 Å². The molecule has 2 amide bonds. The molecule has 238 valence electrons. The molecule has 13 nitrogen and oxygen atoms in total. The Morgan fingerprint density at radius 2 is 2.11 bits per heavy atom. The lowest BCUT2D eigenvalue weighted by molar-refractivity contribution is -0.141. The van der Waals surface area contributed by atoms with Gasteiger partial charge in [0, 0.05) is 43.0 Å². The molecule has 4 aliphatic carbocycles. The topological polar surface area (TPSA) is 150 Å². The number of ether oxygens (including phenoxy) is 2. The minimum atomic E-state index is -0.570. The minimum absolute atomic E-state index is 0.0146. The number of aromatic nitrogens is 5. The molecule has 2 bridgehead atoms. The number of likely N-dealkylation sites (N-methyl/N-ethyl adjacent to an activating group) is 1. The van der Waals surface area contributed by atoms with Gasteiger partial charge in [0.25, 0.3) is 0 Å². The molecule has 5 fully saturated rings. The van der Waals surface area contributed by atoms with Crippen molar-refractivity contribution in [3.63, 3.8) is 0 Å². The van der Waals surface area contributed by atoms with Gasteiger partial charge in [-0.2, -0.15) is 4.98 Å². The number of carbonyl (C=O) groups excluding carboxylic acids is 2. The van der Waals surface area contributed by atoms with E-state index in [9.17, 15) is 9.59 Å². The van der Waals surface area contributed by atoms with Crippen LogP contribution in [0.2, 0.25) is 0 Å². The number of ketones is 1. The maximum atomic E-state index is 13.5. The molecule has 1 unspecified atom stereocenters. The number of hydrogen-bond acceptors (Lipinski definition) is 10. The van der Waals surface area contributed by atoms with E-state index in [1.807, 2.05) is 0 Å². The molecule has 6 aliphatic rings. The molecule has 9 rings (SSSR count). The van der Waals surface area contributed by atoms with Crippen molar-refractivity contribution in [3.05, 3.63) is 29.7 Å². The molecule has 2 aliphatic heterocycles. The second-order valence-electron chi connectivity index (χ2n) is 13.5. The van der Waals surface area contributed by atoms with Crippen molar-refractivity contribution in [1.29, 1.82) is 0 Å². The lowest BCUT2D eigenvalue weighted by Crippen LogP contribution is -2.56. The quantitative estimate of drug-likeness (QED) is 0.403. The van der Waals surface area contributed by atoms with Crippen LogP contribution in [0.5, 0.6) is 5.88 Å². The Kier molecular flexibility index (Phi) is 7.12. The molecule has 3 aromatic heterocycles. The van der Waals surface area contributed by atoms with E-state index in [-0.39, 0.29) is 24.2 Å². The Hall–Kier alpha value is -3.84. The highest BCUT2D eigenvalue weighted by atomic mass is 16.5. The standard InChI is InChI=1S/C32H40N8O5/c1-18(23-6-4-10-39(23)2)44-27-16-26(40-11-7-25(37-40)34-31(42)33-21-8-12-43-17-21)35-30(36-27)28-22-5-3-9-32(29(22)45-38-28)20-13-19(14-20)15-24(32)41/h7,11,16,18-21,23H,3-6,8-10,12-15,17H2,1-2H3,(H2,33,34,37,42)/t18-,19?,20?,21-,23-,32?/m0/s1. The fraction of sp³-hybridized carbons (Fsp3) is 0.625. The predicted octanol–water partition coefficient (Wildman–Crippen LogP) is 3.66. The Balaban J connectivity index is 1.12. The van der Waals surface area contributed by atoms with Crippen molar-refractivity contribution in [2.24, 2.45) is 11.8 Å². The van der Waals surface area contributed by atoms with Gasteiger partial charge in [0.15, 0.2) is 28.9 Å². The van der Waals surface area contributed by atoms with E-state index in [2.05, 4.69) is 39.8 Å². The highest BCUT2D eigenvalue weighted by molar-refractivity contribution is 5.93. The van der Waals surface area contributed by atoms with E-state index < -0.39 is 5.41 Å². The van der Waals surface area contributed by atoms with Crippen LogP contribution in [0.15, 0.2) is 22.9 Å². The first-order valence-electron chi connectivity index (χ1n) is 16.4. The molecule has 0 radical (unpaired) electrons. The average molecular weight is 617 g/mol. The van der Waals surface area contributed by atoms with Gasteiger partial charge < -0.3 is 19.3 Å². The first-order valence-corrected chi connectivity index (χ1v) is 16.4. The van der Waals surface area contributed by atoms with Crippen molar-refractivity contribution in [1.82, 2.24) is 35.1 Å². The van der Waals surface area contributed by atoms with Gasteiger partial charge in [-0.15, -0.1) is 5.10 Å². The predicted molar refractivity (Wildman–Crippen MR) is 162 cm³/mol. The third-order valence-corrected chi connectivity index (χ3v) is 10.8. The maximum Gasteiger partial charge on any atom is 0.320 e. The number of likely N-dealkylation sites (tertiary alicyclic amines) is 1. The lowest BCUT2D eigenvalue weighted by atomic mass is 9.48. The van der Waals surface area contributed by atoms with Gasteiger partial charge in [-0.25, -0.2) is 14.5 Å². The Morgan fingerprint density at radius 3 is 2.89 bits per heavy atom. The van der Waals surface area contributed by atoms with E-state index in [0.717, 1.165) is 69.2 Å². The number of urea groups is 1. The van der Waals surface area contributed by atoms with Crippen LogP contribution < -0.4 is 15.4 Å². The van der Waals surface area contributed by atoms with E-state index in [1.165, 1.54) is 0 Å². The number of nitrogens with one attached hydrogen (secondary N) is 2. The summed E-state index contributed by atoms with van der Waals surface area (Å²) in [5.74, 6) is 3.50. The van der Waals surface area contributed by atoms with E-state index in [4.69, 9.17) is 24.0 Å². The van der Waals surface area contributed by atoms with Gasteiger partial charge in [-0.3, -0.25) is 15.0 Å². The van der Waals surface area contributed by atoms with Crippen LogP contribution in [0.1, 0.15) is 69.6 Å². The van der Waals surface area contributed by atoms with Crippen LogP contribution in [-0.4, -0.2) is 86.6 Å². The summed E-state index contributed by atoms with van der Waals surface area (Å²) >= 11 is 0. The number of nitrogens with zero attached hydrogens (tertiary/aromatic N) is 6. The van der Waals surface area contributed by atoms with Gasteiger partial charge >= 0.3 is 6.03 Å². The zero-order valence-electron chi connectivity index (χ0n) is 25.8. The lowest BCUT2D eigenvalue weighted by Gasteiger charge is -2.53. The molecule has 2 N–H and O–H groups in total. The first kappa shape index (κ1) is 28.6. The average Bonchev–Trinajstić information content (AvgIpc) is 3.82.